The summed E-state index contributed by atoms with van der Waals surface area (Å²) in [5.74, 6) is 1.69. The molecular formula is C12H19N5O. The minimum Gasteiger partial charge on any atom is -0.339 e. The lowest BCUT2D eigenvalue weighted by Gasteiger charge is -2.14. The molecule has 0 saturated carbocycles. The number of aromatic nitrogens is 4. The van der Waals surface area contributed by atoms with Gasteiger partial charge in [-0.3, -0.25) is 4.90 Å². The van der Waals surface area contributed by atoms with Gasteiger partial charge in [-0.1, -0.05) is 19.0 Å². The first kappa shape index (κ1) is 12.8. The molecule has 0 aromatic carbocycles. The molecule has 98 valence electrons. The maximum atomic E-state index is 5.18. The highest BCUT2D eigenvalue weighted by Gasteiger charge is 2.12. The zero-order chi connectivity index (χ0) is 13.1. The third kappa shape index (κ3) is 2.95. The van der Waals surface area contributed by atoms with Gasteiger partial charge < -0.3 is 9.09 Å². The zero-order valence-electron chi connectivity index (χ0n) is 11.3. The normalized spacial score (nSPS) is 11.7. The molecule has 18 heavy (non-hydrogen) atoms. The van der Waals surface area contributed by atoms with Crippen LogP contribution >= 0.6 is 0 Å². The minimum absolute atomic E-state index is 0.272. The van der Waals surface area contributed by atoms with Crippen molar-refractivity contribution in [3.8, 4) is 0 Å². The molecule has 0 N–H and O–H groups in total. The number of nitrogens with zero attached hydrogens (tertiary/aromatic N) is 5. The zero-order valence-corrected chi connectivity index (χ0v) is 11.3. The molecular weight excluding hydrogens is 230 g/mol. The van der Waals surface area contributed by atoms with Gasteiger partial charge in [0.05, 0.1) is 18.6 Å². The van der Waals surface area contributed by atoms with E-state index in [1.165, 1.54) is 0 Å². The molecule has 2 rings (SSSR count). The maximum Gasteiger partial charge on any atom is 0.229 e. The lowest BCUT2D eigenvalue weighted by molar-refractivity contribution is 0.293. The van der Waals surface area contributed by atoms with Crippen LogP contribution in [0, 0.1) is 0 Å². The molecule has 0 fully saturated rings. The van der Waals surface area contributed by atoms with E-state index in [0.717, 1.165) is 18.1 Å². The van der Waals surface area contributed by atoms with Gasteiger partial charge in [0.15, 0.2) is 5.82 Å². The monoisotopic (exact) mass is 249 g/mol. The number of hydrogen-bond donors (Lipinski definition) is 0. The summed E-state index contributed by atoms with van der Waals surface area (Å²) in [6, 6.07) is 0. The molecule has 2 heterocycles. The molecule has 0 spiro atoms. The van der Waals surface area contributed by atoms with Gasteiger partial charge in [0.1, 0.15) is 0 Å². The molecule has 6 nitrogen and oxygen atoms in total. The van der Waals surface area contributed by atoms with E-state index in [1.54, 1.807) is 6.33 Å². The van der Waals surface area contributed by atoms with Crippen LogP contribution in [0.15, 0.2) is 17.0 Å². The molecule has 6 heteroatoms. The Kier molecular flexibility index (Phi) is 3.76. The third-order valence-corrected chi connectivity index (χ3v) is 2.74. The summed E-state index contributed by atoms with van der Waals surface area (Å²) in [5, 5.41) is 3.98. The Labute approximate surface area is 107 Å². The van der Waals surface area contributed by atoms with Crippen molar-refractivity contribution in [1.82, 2.24) is 24.6 Å². The molecule has 0 atom stereocenters. The molecule has 0 aliphatic rings. The third-order valence-electron chi connectivity index (χ3n) is 2.74. The first-order valence-electron chi connectivity index (χ1n) is 6.02. The molecule has 0 aliphatic carbocycles. The van der Waals surface area contributed by atoms with Crippen LogP contribution in [0.25, 0.3) is 0 Å². The van der Waals surface area contributed by atoms with Gasteiger partial charge in [0.2, 0.25) is 5.89 Å². The maximum absolute atomic E-state index is 5.18. The summed E-state index contributed by atoms with van der Waals surface area (Å²) >= 11 is 0. The second kappa shape index (κ2) is 5.30. The van der Waals surface area contributed by atoms with Crippen molar-refractivity contribution >= 4 is 0 Å². The van der Waals surface area contributed by atoms with E-state index >= 15 is 0 Å². The van der Waals surface area contributed by atoms with Crippen molar-refractivity contribution in [1.29, 1.82) is 0 Å². The Hall–Kier alpha value is -1.69. The SMILES string of the molecule is CC(C)c1nc(CN(C)Cc2cncn2C)no1. The molecule has 0 amide bonds. The van der Waals surface area contributed by atoms with E-state index in [-0.39, 0.29) is 5.92 Å². The largest absolute Gasteiger partial charge is 0.339 e. The van der Waals surface area contributed by atoms with Gasteiger partial charge in [0.25, 0.3) is 0 Å². The predicted molar refractivity (Wildman–Crippen MR) is 66.8 cm³/mol. The van der Waals surface area contributed by atoms with Crippen molar-refractivity contribution in [2.75, 3.05) is 7.05 Å². The molecule has 2 aromatic heterocycles. The Balaban J connectivity index is 1.94. The summed E-state index contributed by atoms with van der Waals surface area (Å²) in [7, 11) is 4.01. The van der Waals surface area contributed by atoms with Crippen LogP contribution in [0.1, 0.15) is 37.2 Å². The number of rotatable bonds is 5. The number of aryl methyl sites for hydroxylation is 1. The fourth-order valence-corrected chi connectivity index (χ4v) is 1.68. The Morgan fingerprint density at radius 1 is 1.39 bits per heavy atom. The highest BCUT2D eigenvalue weighted by Crippen LogP contribution is 2.12. The summed E-state index contributed by atoms with van der Waals surface area (Å²) in [4.78, 5) is 10.6. The van der Waals surface area contributed by atoms with Gasteiger partial charge in [-0.05, 0) is 7.05 Å². The summed E-state index contributed by atoms with van der Waals surface area (Å²) < 4.78 is 7.19. The summed E-state index contributed by atoms with van der Waals surface area (Å²) in [6.07, 6.45) is 3.67. The van der Waals surface area contributed by atoms with Gasteiger partial charge in [-0.2, -0.15) is 4.98 Å². The van der Waals surface area contributed by atoms with Crippen LogP contribution < -0.4 is 0 Å². The van der Waals surface area contributed by atoms with E-state index in [2.05, 4.69) is 20.0 Å². The van der Waals surface area contributed by atoms with E-state index in [1.807, 2.05) is 38.7 Å². The molecule has 0 saturated heterocycles. The average Bonchev–Trinajstić information content (AvgIpc) is 2.89. The smallest absolute Gasteiger partial charge is 0.229 e. The minimum atomic E-state index is 0.272. The summed E-state index contributed by atoms with van der Waals surface area (Å²) in [6.45, 7) is 5.55. The fourth-order valence-electron chi connectivity index (χ4n) is 1.68. The van der Waals surface area contributed by atoms with Crippen LogP contribution in [0.4, 0.5) is 0 Å². The van der Waals surface area contributed by atoms with Crippen molar-refractivity contribution in [2.24, 2.45) is 7.05 Å². The standard InChI is InChI=1S/C12H19N5O/c1-9(2)12-14-11(15-18-12)7-16(3)6-10-5-13-8-17(10)4/h5,8-9H,6-7H2,1-4H3. The Morgan fingerprint density at radius 3 is 2.72 bits per heavy atom. The highest BCUT2D eigenvalue weighted by molar-refractivity contribution is 4.98. The van der Waals surface area contributed by atoms with Crippen molar-refractivity contribution in [2.45, 2.75) is 32.9 Å². The van der Waals surface area contributed by atoms with Gasteiger partial charge in [-0.15, -0.1) is 0 Å². The van der Waals surface area contributed by atoms with E-state index in [4.69, 9.17) is 4.52 Å². The number of imidazole rings is 1. The topological polar surface area (TPSA) is 60.0 Å². The second-order valence-electron chi connectivity index (χ2n) is 4.87. The Bertz CT molecular complexity index is 502. The lowest BCUT2D eigenvalue weighted by atomic mass is 10.2. The lowest BCUT2D eigenvalue weighted by Crippen LogP contribution is -2.19. The van der Waals surface area contributed by atoms with Crippen molar-refractivity contribution in [3.63, 3.8) is 0 Å². The molecule has 2 aromatic rings. The average molecular weight is 249 g/mol. The van der Waals surface area contributed by atoms with Crippen LogP contribution in [0.2, 0.25) is 0 Å². The van der Waals surface area contributed by atoms with Gasteiger partial charge in [0, 0.05) is 25.7 Å². The Morgan fingerprint density at radius 2 is 2.17 bits per heavy atom. The molecule has 0 bridgehead atoms. The van der Waals surface area contributed by atoms with Crippen molar-refractivity contribution < 1.29 is 4.52 Å². The van der Waals surface area contributed by atoms with Crippen molar-refractivity contribution in [3.05, 3.63) is 29.9 Å². The van der Waals surface area contributed by atoms with Crippen LogP contribution in [-0.4, -0.2) is 31.6 Å². The van der Waals surface area contributed by atoms with Gasteiger partial charge in [-0.25, -0.2) is 4.98 Å². The van der Waals surface area contributed by atoms with E-state index < -0.39 is 0 Å². The first-order chi connectivity index (χ1) is 8.56. The first-order valence-corrected chi connectivity index (χ1v) is 6.02. The fraction of sp³-hybridized carbons (Fsp3) is 0.583. The quantitative estimate of drug-likeness (QED) is 0.804. The molecule has 0 aliphatic heterocycles. The van der Waals surface area contributed by atoms with E-state index in [0.29, 0.717) is 12.4 Å². The highest BCUT2D eigenvalue weighted by atomic mass is 16.5. The predicted octanol–water partition coefficient (Wildman–Crippen LogP) is 1.56. The van der Waals surface area contributed by atoms with Gasteiger partial charge >= 0.3 is 0 Å². The summed E-state index contributed by atoms with van der Waals surface area (Å²) in [5.41, 5.74) is 1.16. The van der Waals surface area contributed by atoms with E-state index in [9.17, 15) is 0 Å². The molecule has 0 unspecified atom stereocenters. The van der Waals surface area contributed by atoms with Crippen LogP contribution in [0.3, 0.4) is 0 Å². The molecule has 0 radical (unpaired) electrons. The number of hydrogen-bond acceptors (Lipinski definition) is 5. The van der Waals surface area contributed by atoms with Crippen LogP contribution in [-0.2, 0) is 20.1 Å². The second-order valence-corrected chi connectivity index (χ2v) is 4.87. The van der Waals surface area contributed by atoms with Crippen LogP contribution in [0.5, 0.6) is 0 Å².